The quantitative estimate of drug-likeness (QED) is 0.561. The number of hydrogen-bond donors (Lipinski definition) is 1. The molecule has 1 amide bonds. The lowest BCUT2D eigenvalue weighted by atomic mass is 9.71. The van der Waals surface area contributed by atoms with Gasteiger partial charge < -0.3 is 14.6 Å². The second-order valence-corrected chi connectivity index (χ2v) is 10.2. The number of carboxylic acids is 1. The number of carbonyl (C=O) groups excluding carboxylic acids is 1. The number of amides is 1. The molecule has 1 N–H and O–H groups in total. The van der Waals surface area contributed by atoms with E-state index in [1.807, 2.05) is 21.6 Å². The normalized spacial score (nSPS) is 22.3. The molecule has 1 aromatic carbocycles. The molecule has 3 aromatic rings. The second kappa shape index (κ2) is 9.06. The molecule has 1 aliphatic heterocycles. The molecule has 1 saturated carbocycles. The Labute approximate surface area is 202 Å². The van der Waals surface area contributed by atoms with Gasteiger partial charge in [-0.05, 0) is 80.3 Å². The summed E-state index contributed by atoms with van der Waals surface area (Å²) in [7, 11) is 0. The van der Waals surface area contributed by atoms with E-state index < -0.39 is 23.0 Å². The molecule has 8 heteroatoms. The maximum atomic E-state index is 13.8. The highest BCUT2D eigenvalue weighted by Crippen LogP contribution is 2.40. The van der Waals surface area contributed by atoms with Gasteiger partial charge in [0.25, 0.3) is 0 Å². The van der Waals surface area contributed by atoms with Crippen LogP contribution < -0.4 is 0 Å². The summed E-state index contributed by atoms with van der Waals surface area (Å²) in [6.07, 6.45) is 5.47. The summed E-state index contributed by atoms with van der Waals surface area (Å²) in [5.74, 6) is -1.74. The lowest BCUT2D eigenvalue weighted by Crippen LogP contribution is -2.39. The molecule has 0 spiro atoms. The Morgan fingerprint density at radius 2 is 1.89 bits per heavy atom. The molecule has 0 unspecified atom stereocenters. The van der Waals surface area contributed by atoms with Crippen LogP contribution in [0.15, 0.2) is 36.5 Å². The first kappa shape index (κ1) is 23.5. The van der Waals surface area contributed by atoms with Gasteiger partial charge in [0.05, 0.1) is 12.0 Å². The summed E-state index contributed by atoms with van der Waals surface area (Å²) < 4.78 is 29.7. The Hall–Kier alpha value is -3.29. The molecule has 1 aliphatic carbocycles. The monoisotopic (exact) mass is 481 g/mol. The van der Waals surface area contributed by atoms with Crippen molar-refractivity contribution in [2.75, 3.05) is 6.54 Å². The van der Waals surface area contributed by atoms with Crippen LogP contribution in [0.4, 0.5) is 8.78 Å². The molecule has 0 saturated heterocycles. The second-order valence-electron chi connectivity index (χ2n) is 10.2. The van der Waals surface area contributed by atoms with Gasteiger partial charge in [0.2, 0.25) is 5.91 Å². The van der Waals surface area contributed by atoms with Gasteiger partial charge in [-0.15, -0.1) is 0 Å². The fourth-order valence-corrected chi connectivity index (χ4v) is 5.64. The summed E-state index contributed by atoms with van der Waals surface area (Å²) >= 11 is 0. The van der Waals surface area contributed by atoms with Gasteiger partial charge in [-0.1, -0.05) is 0 Å². The third kappa shape index (κ3) is 4.54. The lowest BCUT2D eigenvalue weighted by molar-refractivity contribution is -0.150. The number of rotatable bonds is 5. The van der Waals surface area contributed by atoms with E-state index in [1.54, 1.807) is 13.1 Å². The van der Waals surface area contributed by atoms with Gasteiger partial charge in [0.15, 0.2) is 0 Å². The van der Waals surface area contributed by atoms with Crippen molar-refractivity contribution in [1.82, 2.24) is 14.5 Å². The highest BCUT2D eigenvalue weighted by Gasteiger charge is 2.38. The van der Waals surface area contributed by atoms with Gasteiger partial charge in [0, 0.05) is 42.9 Å². The van der Waals surface area contributed by atoms with Crippen LogP contribution in [0.1, 0.15) is 55.8 Å². The van der Waals surface area contributed by atoms with Gasteiger partial charge in [-0.2, -0.15) is 0 Å². The molecule has 0 bridgehead atoms. The standard InChI is InChI=1S/C27H29F2N3O3/c1-27(26(34)35)7-4-17(5-8-27)13-24(33)31-10-6-21-22-3-2-9-30-25(22)32(23(21)16-31)15-18-11-19(28)14-20(29)12-18/h2-3,9,11-12,14,17H,4-8,10,13,15-16H2,1H3,(H,34,35). The minimum absolute atomic E-state index is 0.0705. The molecule has 1 fully saturated rings. The van der Waals surface area contributed by atoms with Crippen LogP contribution >= 0.6 is 0 Å². The maximum absolute atomic E-state index is 13.8. The molecule has 184 valence electrons. The van der Waals surface area contributed by atoms with Crippen LogP contribution in [-0.4, -0.2) is 38.0 Å². The fourth-order valence-electron chi connectivity index (χ4n) is 5.64. The topological polar surface area (TPSA) is 75.4 Å². The van der Waals surface area contributed by atoms with Crippen molar-refractivity contribution < 1.29 is 23.5 Å². The summed E-state index contributed by atoms with van der Waals surface area (Å²) in [6.45, 7) is 3.07. The Morgan fingerprint density at radius 1 is 1.17 bits per heavy atom. The minimum atomic E-state index is -0.759. The molecular weight excluding hydrogens is 452 g/mol. The first-order valence-corrected chi connectivity index (χ1v) is 12.1. The number of carboxylic acid groups (broad SMARTS) is 1. The lowest BCUT2D eigenvalue weighted by Gasteiger charge is -2.35. The Morgan fingerprint density at radius 3 is 2.57 bits per heavy atom. The molecule has 2 aliphatic rings. The van der Waals surface area contributed by atoms with Crippen LogP contribution in [0.5, 0.6) is 0 Å². The molecule has 2 aromatic heterocycles. The SMILES string of the molecule is CC1(C(=O)O)CCC(CC(=O)N2CCc3c(n(Cc4cc(F)cc(F)c4)c4ncccc34)C2)CC1. The summed E-state index contributed by atoms with van der Waals surface area (Å²) in [4.78, 5) is 31.1. The van der Waals surface area contributed by atoms with Crippen molar-refractivity contribution in [2.24, 2.45) is 11.3 Å². The van der Waals surface area contributed by atoms with Crippen LogP contribution in [-0.2, 0) is 29.1 Å². The number of pyridine rings is 1. The first-order chi connectivity index (χ1) is 16.7. The number of benzene rings is 1. The number of aliphatic carboxylic acids is 1. The van der Waals surface area contributed by atoms with E-state index in [2.05, 4.69) is 4.98 Å². The van der Waals surface area contributed by atoms with Gasteiger partial charge in [-0.3, -0.25) is 9.59 Å². The third-order valence-electron chi connectivity index (χ3n) is 7.82. The van der Waals surface area contributed by atoms with Crippen LogP contribution in [0.25, 0.3) is 11.0 Å². The highest BCUT2D eigenvalue weighted by atomic mass is 19.1. The number of fused-ring (bicyclic) bond motifs is 3. The van der Waals surface area contributed by atoms with Crippen molar-refractivity contribution >= 4 is 22.9 Å². The Balaban J connectivity index is 1.36. The van der Waals surface area contributed by atoms with Crippen molar-refractivity contribution in [1.29, 1.82) is 0 Å². The molecule has 0 atom stereocenters. The van der Waals surface area contributed by atoms with E-state index in [-0.39, 0.29) is 18.4 Å². The number of halogens is 2. The number of hydrogen-bond acceptors (Lipinski definition) is 3. The summed E-state index contributed by atoms with van der Waals surface area (Å²) in [6, 6.07) is 7.38. The third-order valence-corrected chi connectivity index (χ3v) is 7.82. The van der Waals surface area contributed by atoms with E-state index in [0.29, 0.717) is 44.3 Å². The zero-order valence-corrected chi connectivity index (χ0v) is 19.8. The zero-order valence-electron chi connectivity index (χ0n) is 19.8. The minimum Gasteiger partial charge on any atom is -0.481 e. The molecule has 3 heterocycles. The molecule has 0 radical (unpaired) electrons. The average Bonchev–Trinajstić information content (AvgIpc) is 3.13. The van der Waals surface area contributed by atoms with E-state index in [4.69, 9.17) is 0 Å². The molecule has 35 heavy (non-hydrogen) atoms. The van der Waals surface area contributed by atoms with E-state index >= 15 is 0 Å². The average molecular weight is 482 g/mol. The van der Waals surface area contributed by atoms with Crippen LogP contribution in [0.2, 0.25) is 0 Å². The predicted octanol–water partition coefficient (Wildman–Crippen LogP) is 4.92. The number of aromatic nitrogens is 2. The summed E-state index contributed by atoms with van der Waals surface area (Å²) in [5, 5.41) is 10.5. The van der Waals surface area contributed by atoms with Gasteiger partial charge >= 0.3 is 5.97 Å². The van der Waals surface area contributed by atoms with Crippen molar-refractivity contribution in [3.8, 4) is 0 Å². The van der Waals surface area contributed by atoms with Crippen molar-refractivity contribution in [3.63, 3.8) is 0 Å². The van der Waals surface area contributed by atoms with Crippen molar-refractivity contribution in [2.45, 2.75) is 58.5 Å². The Bertz CT molecular complexity index is 1270. The van der Waals surface area contributed by atoms with E-state index in [9.17, 15) is 23.5 Å². The zero-order chi connectivity index (χ0) is 24.7. The fraction of sp³-hybridized carbons (Fsp3) is 0.444. The first-order valence-electron chi connectivity index (χ1n) is 12.1. The van der Waals surface area contributed by atoms with E-state index in [0.717, 1.165) is 41.2 Å². The van der Waals surface area contributed by atoms with Gasteiger partial charge in [0.1, 0.15) is 17.3 Å². The van der Waals surface area contributed by atoms with Gasteiger partial charge in [-0.25, -0.2) is 13.8 Å². The van der Waals surface area contributed by atoms with Crippen LogP contribution in [0.3, 0.4) is 0 Å². The highest BCUT2D eigenvalue weighted by molar-refractivity contribution is 5.84. The van der Waals surface area contributed by atoms with Crippen LogP contribution in [0, 0.1) is 23.0 Å². The smallest absolute Gasteiger partial charge is 0.309 e. The number of carbonyl (C=O) groups is 2. The largest absolute Gasteiger partial charge is 0.481 e. The molecule has 5 rings (SSSR count). The molecule has 6 nitrogen and oxygen atoms in total. The maximum Gasteiger partial charge on any atom is 0.309 e. The summed E-state index contributed by atoms with van der Waals surface area (Å²) in [5.41, 5.74) is 2.63. The van der Waals surface area contributed by atoms with E-state index in [1.165, 1.54) is 12.1 Å². The molecular formula is C27H29F2N3O3. The Kier molecular flexibility index (Phi) is 6.07. The predicted molar refractivity (Wildman–Crippen MR) is 127 cm³/mol. The number of nitrogens with zero attached hydrogens (tertiary/aromatic N) is 3. The van der Waals surface area contributed by atoms with Crippen molar-refractivity contribution in [3.05, 3.63) is 65.0 Å².